The van der Waals surface area contributed by atoms with Crippen LogP contribution in [0, 0.1) is 5.82 Å². The average molecular weight is 285 g/mol. The van der Waals surface area contributed by atoms with E-state index in [1.165, 1.54) is 6.07 Å². The summed E-state index contributed by atoms with van der Waals surface area (Å²) in [6.45, 7) is 6.26. The Bertz CT molecular complexity index is 580. The molecule has 2 aliphatic rings. The van der Waals surface area contributed by atoms with Crippen LogP contribution in [-0.2, 0) is 4.74 Å². The maximum Gasteiger partial charge on any atom is 0.123 e. The first-order valence-corrected chi connectivity index (χ1v) is 7.34. The van der Waals surface area contributed by atoms with Crippen LogP contribution in [0.1, 0.15) is 18.1 Å². The van der Waals surface area contributed by atoms with Crippen LogP contribution in [0.3, 0.4) is 0 Å². The molecule has 1 aromatic carbocycles. The van der Waals surface area contributed by atoms with Crippen molar-refractivity contribution in [1.29, 1.82) is 0 Å². The number of nitrogens with zero attached hydrogens (tertiary/aromatic N) is 1. The molecule has 0 aromatic heterocycles. The van der Waals surface area contributed by atoms with E-state index in [1.807, 2.05) is 12.1 Å². The maximum absolute atomic E-state index is 13.4. The number of morpholine rings is 1. The van der Waals surface area contributed by atoms with Gasteiger partial charge in [0.25, 0.3) is 0 Å². The zero-order valence-corrected chi connectivity index (χ0v) is 12.0. The number of hydrogen-bond acceptors (Lipinski definition) is 2. The Morgan fingerprint density at radius 1 is 1.38 bits per heavy atom. The van der Waals surface area contributed by atoms with Crippen molar-refractivity contribution < 1.29 is 9.13 Å². The molecule has 0 radical (unpaired) electrons. The highest BCUT2D eigenvalue weighted by Crippen LogP contribution is 2.32. The van der Waals surface area contributed by atoms with Gasteiger partial charge in [0.2, 0.25) is 0 Å². The first kappa shape index (κ1) is 14.2. The minimum absolute atomic E-state index is 0.0921. The first-order valence-electron chi connectivity index (χ1n) is 7.34. The Morgan fingerprint density at radius 3 is 3.00 bits per heavy atom. The molecule has 0 spiro atoms. The molecule has 3 rings (SSSR count). The number of halogens is 1. The number of benzene rings is 1. The molecule has 0 unspecified atom stereocenters. The van der Waals surface area contributed by atoms with Crippen LogP contribution in [0.5, 0.6) is 0 Å². The SMILES string of the molecule is C=C[C@@]1(N2CCO[C@H](c3cccc(F)c3)C2)C=CC=CC1. The lowest BCUT2D eigenvalue weighted by atomic mass is 9.88. The van der Waals surface area contributed by atoms with Gasteiger partial charge in [-0.05, 0) is 24.1 Å². The maximum atomic E-state index is 13.4. The lowest BCUT2D eigenvalue weighted by Crippen LogP contribution is -2.52. The van der Waals surface area contributed by atoms with Crippen LogP contribution >= 0.6 is 0 Å². The van der Waals surface area contributed by atoms with Crippen molar-refractivity contribution in [1.82, 2.24) is 4.90 Å². The summed E-state index contributed by atoms with van der Waals surface area (Å²) in [5.74, 6) is -0.216. The third kappa shape index (κ3) is 2.85. The van der Waals surface area contributed by atoms with Gasteiger partial charge in [-0.3, -0.25) is 4.90 Å². The van der Waals surface area contributed by atoms with E-state index in [2.05, 4.69) is 35.8 Å². The fraction of sp³-hybridized carbons (Fsp3) is 0.333. The average Bonchev–Trinajstić information content (AvgIpc) is 2.55. The molecule has 1 fully saturated rings. The lowest BCUT2D eigenvalue weighted by Gasteiger charge is -2.44. The van der Waals surface area contributed by atoms with Crippen LogP contribution in [0.4, 0.5) is 4.39 Å². The van der Waals surface area contributed by atoms with Gasteiger partial charge >= 0.3 is 0 Å². The predicted octanol–water partition coefficient (Wildman–Crippen LogP) is 3.64. The van der Waals surface area contributed by atoms with Crippen LogP contribution < -0.4 is 0 Å². The van der Waals surface area contributed by atoms with Crippen LogP contribution in [0.2, 0.25) is 0 Å². The zero-order chi connectivity index (χ0) is 14.7. The summed E-state index contributed by atoms with van der Waals surface area (Å²) in [7, 11) is 0. The van der Waals surface area contributed by atoms with Crippen molar-refractivity contribution in [2.75, 3.05) is 19.7 Å². The van der Waals surface area contributed by atoms with Gasteiger partial charge in [-0.15, -0.1) is 6.58 Å². The third-order valence-electron chi connectivity index (χ3n) is 4.31. The van der Waals surface area contributed by atoms with Crippen molar-refractivity contribution in [3.63, 3.8) is 0 Å². The molecule has 1 saturated heterocycles. The van der Waals surface area contributed by atoms with E-state index >= 15 is 0 Å². The Hall–Kier alpha value is -1.71. The Balaban J connectivity index is 1.81. The summed E-state index contributed by atoms with van der Waals surface area (Å²) >= 11 is 0. The van der Waals surface area contributed by atoms with Crippen molar-refractivity contribution in [2.45, 2.75) is 18.1 Å². The van der Waals surface area contributed by atoms with Gasteiger partial charge in [0, 0.05) is 13.1 Å². The standard InChI is InChI=1S/C18H20FNO/c1-2-18(9-4-3-5-10-18)20-11-12-21-17(14-20)15-7-6-8-16(19)13-15/h2-9,13,17H,1,10-12,14H2/t17-,18+/m0/s1. The van der Waals surface area contributed by atoms with Crippen LogP contribution in [0.25, 0.3) is 0 Å². The molecular formula is C18H20FNO. The second kappa shape index (κ2) is 5.96. The van der Waals surface area contributed by atoms with E-state index in [4.69, 9.17) is 4.74 Å². The van der Waals surface area contributed by atoms with Gasteiger partial charge < -0.3 is 4.74 Å². The van der Waals surface area contributed by atoms with Crippen molar-refractivity contribution in [3.05, 3.63) is 72.6 Å². The molecule has 2 nitrogen and oxygen atoms in total. The van der Waals surface area contributed by atoms with Gasteiger partial charge in [-0.2, -0.15) is 0 Å². The third-order valence-corrected chi connectivity index (χ3v) is 4.31. The summed E-state index contributed by atoms with van der Waals surface area (Å²) in [5, 5.41) is 0. The van der Waals surface area contributed by atoms with Crippen LogP contribution in [-0.4, -0.2) is 30.1 Å². The quantitative estimate of drug-likeness (QED) is 0.786. The smallest absolute Gasteiger partial charge is 0.123 e. The molecule has 1 aliphatic heterocycles. The molecule has 3 heteroatoms. The molecule has 1 aromatic rings. The highest BCUT2D eigenvalue weighted by Gasteiger charge is 2.35. The Kier molecular flexibility index (Phi) is 4.04. The van der Waals surface area contributed by atoms with Gasteiger partial charge in [0.05, 0.1) is 18.2 Å². The van der Waals surface area contributed by atoms with Crippen molar-refractivity contribution >= 4 is 0 Å². The predicted molar refractivity (Wildman–Crippen MR) is 82.5 cm³/mol. The number of allylic oxidation sites excluding steroid dienone is 2. The number of rotatable bonds is 3. The van der Waals surface area contributed by atoms with E-state index in [9.17, 15) is 4.39 Å². The normalized spacial score (nSPS) is 29.5. The molecule has 1 heterocycles. The Labute approximate surface area is 125 Å². The van der Waals surface area contributed by atoms with Crippen LogP contribution in [0.15, 0.2) is 61.2 Å². The first-order chi connectivity index (χ1) is 10.2. The highest BCUT2D eigenvalue weighted by molar-refractivity contribution is 5.28. The topological polar surface area (TPSA) is 12.5 Å². The second-order valence-electron chi connectivity index (χ2n) is 5.55. The van der Waals surface area contributed by atoms with E-state index in [-0.39, 0.29) is 17.5 Å². The van der Waals surface area contributed by atoms with Gasteiger partial charge in [-0.25, -0.2) is 4.39 Å². The highest BCUT2D eigenvalue weighted by atomic mass is 19.1. The molecule has 21 heavy (non-hydrogen) atoms. The largest absolute Gasteiger partial charge is 0.371 e. The molecule has 1 aliphatic carbocycles. The number of ether oxygens (including phenoxy) is 1. The molecule has 2 atom stereocenters. The summed E-state index contributed by atoms with van der Waals surface area (Å²) in [4.78, 5) is 2.37. The fourth-order valence-electron chi connectivity index (χ4n) is 3.08. The second-order valence-corrected chi connectivity index (χ2v) is 5.55. The Morgan fingerprint density at radius 2 is 2.29 bits per heavy atom. The van der Waals surface area contributed by atoms with E-state index in [0.717, 1.165) is 25.1 Å². The van der Waals surface area contributed by atoms with E-state index in [1.54, 1.807) is 12.1 Å². The summed E-state index contributed by atoms with van der Waals surface area (Å²) in [5.41, 5.74) is 0.749. The summed E-state index contributed by atoms with van der Waals surface area (Å²) in [6.07, 6.45) is 11.3. The minimum atomic E-state index is -0.216. The molecule has 0 saturated carbocycles. The lowest BCUT2D eigenvalue weighted by molar-refractivity contribution is -0.0512. The summed E-state index contributed by atoms with van der Waals surface area (Å²) in [6, 6.07) is 6.68. The van der Waals surface area contributed by atoms with E-state index in [0.29, 0.717) is 6.61 Å². The van der Waals surface area contributed by atoms with Gasteiger partial charge in [0.1, 0.15) is 5.82 Å². The molecule has 110 valence electrons. The van der Waals surface area contributed by atoms with Crippen molar-refractivity contribution in [2.24, 2.45) is 0 Å². The number of hydrogen-bond donors (Lipinski definition) is 0. The zero-order valence-electron chi connectivity index (χ0n) is 12.0. The molecule has 0 bridgehead atoms. The molecule has 0 amide bonds. The van der Waals surface area contributed by atoms with Crippen molar-refractivity contribution in [3.8, 4) is 0 Å². The summed E-state index contributed by atoms with van der Waals surface area (Å²) < 4.78 is 19.3. The van der Waals surface area contributed by atoms with Gasteiger partial charge in [0.15, 0.2) is 0 Å². The molecular weight excluding hydrogens is 265 g/mol. The van der Waals surface area contributed by atoms with E-state index < -0.39 is 0 Å². The molecule has 0 N–H and O–H groups in total. The monoisotopic (exact) mass is 285 g/mol. The minimum Gasteiger partial charge on any atom is -0.371 e. The van der Waals surface area contributed by atoms with Gasteiger partial charge in [-0.1, -0.05) is 42.5 Å². The fourth-order valence-corrected chi connectivity index (χ4v) is 3.08.